The Morgan fingerprint density at radius 1 is 0.459 bits per heavy atom. The maximum Gasteiger partial charge on any atom is 0.472 e. The molecule has 0 spiro atoms. The number of allylic oxidation sites excluding steroid dienone is 1. The van der Waals surface area contributed by atoms with Crippen LogP contribution in [0.4, 0.5) is 0 Å². The zero-order valence-corrected chi connectivity index (χ0v) is 51.3. The SMILES string of the molecule is CCCCCCCCCCCCC/C=C/C(OC(=O)CCCCCCCCCCCCCCCCCCCCC)C(COP(=O)(O)OCC[N+](C)(C)C)NC(=O)CCCCCCCCCCCCCCCCCC. The van der Waals surface area contributed by atoms with Gasteiger partial charge in [0.1, 0.15) is 19.3 Å². The van der Waals surface area contributed by atoms with Gasteiger partial charge < -0.3 is 19.4 Å². The molecule has 74 heavy (non-hydrogen) atoms. The van der Waals surface area contributed by atoms with Crippen molar-refractivity contribution in [3.63, 3.8) is 0 Å². The molecule has 3 unspecified atom stereocenters. The van der Waals surface area contributed by atoms with Gasteiger partial charge in [0, 0.05) is 12.8 Å². The van der Waals surface area contributed by atoms with E-state index in [-0.39, 0.29) is 25.1 Å². The van der Waals surface area contributed by atoms with Gasteiger partial charge in [0.2, 0.25) is 5.91 Å². The predicted octanol–water partition coefficient (Wildman–Crippen LogP) is 20.0. The second-order valence-corrected chi connectivity index (χ2v) is 25.1. The normalized spacial score (nSPS) is 13.7. The third kappa shape index (κ3) is 55.5. The van der Waals surface area contributed by atoms with Gasteiger partial charge in [-0.05, 0) is 31.8 Å². The number of esters is 1. The van der Waals surface area contributed by atoms with Crippen molar-refractivity contribution in [2.45, 2.75) is 348 Å². The van der Waals surface area contributed by atoms with E-state index in [1.165, 1.54) is 244 Å². The summed E-state index contributed by atoms with van der Waals surface area (Å²) in [6, 6.07) is -0.839. The summed E-state index contributed by atoms with van der Waals surface area (Å²) in [5.74, 6) is -0.481. The fourth-order valence-electron chi connectivity index (χ4n) is 9.94. The van der Waals surface area contributed by atoms with Gasteiger partial charge >= 0.3 is 13.8 Å². The van der Waals surface area contributed by atoms with Crippen LogP contribution in [0.2, 0.25) is 0 Å². The Kier molecular flexibility index (Phi) is 54.1. The van der Waals surface area contributed by atoms with Crippen LogP contribution in [0.25, 0.3) is 0 Å². The van der Waals surface area contributed by atoms with Crippen LogP contribution in [-0.2, 0) is 27.9 Å². The number of unbranched alkanes of at least 4 members (excludes halogenated alkanes) is 44. The number of hydrogen-bond donors (Lipinski definition) is 2. The van der Waals surface area contributed by atoms with Crippen molar-refractivity contribution in [1.82, 2.24) is 5.32 Å². The van der Waals surface area contributed by atoms with Crippen LogP contribution in [0, 0.1) is 0 Å². The number of phosphoric ester groups is 1. The summed E-state index contributed by atoms with van der Waals surface area (Å²) in [5.41, 5.74) is 0. The quantitative estimate of drug-likeness (QED) is 0.0205. The number of hydrogen-bond acceptors (Lipinski definition) is 6. The lowest BCUT2D eigenvalue weighted by atomic mass is 10.0. The van der Waals surface area contributed by atoms with Crippen molar-refractivity contribution in [3.8, 4) is 0 Å². The highest BCUT2D eigenvalue weighted by Crippen LogP contribution is 2.43. The first-order chi connectivity index (χ1) is 35.9. The number of nitrogens with one attached hydrogen (secondary N) is 1. The van der Waals surface area contributed by atoms with E-state index in [4.69, 9.17) is 13.8 Å². The highest BCUT2D eigenvalue weighted by Gasteiger charge is 2.30. The minimum Gasteiger partial charge on any atom is -0.456 e. The van der Waals surface area contributed by atoms with E-state index in [9.17, 15) is 19.0 Å². The topological polar surface area (TPSA) is 111 Å². The van der Waals surface area contributed by atoms with E-state index in [2.05, 4.69) is 26.1 Å². The van der Waals surface area contributed by atoms with Crippen LogP contribution in [0.3, 0.4) is 0 Å². The zero-order valence-electron chi connectivity index (χ0n) is 50.4. The predicted molar refractivity (Wildman–Crippen MR) is 319 cm³/mol. The highest BCUT2D eigenvalue weighted by atomic mass is 31.2. The van der Waals surface area contributed by atoms with Gasteiger partial charge in [0.15, 0.2) is 0 Å². The number of amides is 1. The van der Waals surface area contributed by atoms with Gasteiger partial charge in [-0.15, -0.1) is 0 Å². The summed E-state index contributed by atoms with van der Waals surface area (Å²) in [6.07, 6.45) is 63.4. The van der Waals surface area contributed by atoms with Gasteiger partial charge in [-0.3, -0.25) is 18.6 Å². The molecule has 440 valence electrons. The van der Waals surface area contributed by atoms with Crippen molar-refractivity contribution in [2.75, 3.05) is 40.9 Å². The Bertz CT molecular complexity index is 1270. The largest absolute Gasteiger partial charge is 0.472 e. The van der Waals surface area contributed by atoms with Crippen molar-refractivity contribution < 1.29 is 37.3 Å². The first kappa shape index (κ1) is 72.8. The standard InChI is InChI=1S/C64H127N2O7P/c1-7-10-13-16-19-22-25-28-30-32-33-34-36-39-42-45-48-51-54-57-64(68)73-62(55-52-49-46-43-40-37-27-24-21-18-15-12-9-3)61(60-72-74(69,70)71-59-58-66(4,5)6)65-63(67)56-53-50-47-44-41-38-35-31-29-26-23-20-17-14-11-8-2/h52,55,61-62H,7-51,53-54,56-60H2,1-6H3,(H-,65,67,69,70)/p+1/b55-52+. The van der Waals surface area contributed by atoms with Crippen LogP contribution in [-0.4, -0.2) is 74.3 Å². The molecule has 0 rings (SSSR count). The van der Waals surface area contributed by atoms with E-state index in [1.54, 1.807) is 0 Å². The van der Waals surface area contributed by atoms with Gasteiger partial charge in [-0.1, -0.05) is 303 Å². The monoisotopic (exact) mass is 1070 g/mol. The first-order valence-electron chi connectivity index (χ1n) is 32.5. The summed E-state index contributed by atoms with van der Waals surface area (Å²) in [6.45, 7) is 7.08. The summed E-state index contributed by atoms with van der Waals surface area (Å²) in [7, 11) is 1.52. The third-order valence-corrected chi connectivity index (χ3v) is 16.0. The van der Waals surface area contributed by atoms with Crippen LogP contribution < -0.4 is 5.32 Å². The fraction of sp³-hybridized carbons (Fsp3) is 0.938. The van der Waals surface area contributed by atoms with Crippen molar-refractivity contribution >= 4 is 19.7 Å². The summed E-state index contributed by atoms with van der Waals surface area (Å²) >= 11 is 0. The number of likely N-dealkylation sites (N-methyl/N-ethyl adjacent to an activating group) is 1. The van der Waals surface area contributed by atoms with Crippen LogP contribution in [0.15, 0.2) is 12.2 Å². The molecule has 0 fully saturated rings. The van der Waals surface area contributed by atoms with Gasteiger partial charge in [-0.25, -0.2) is 4.57 Å². The Labute approximate surface area is 461 Å². The molecule has 0 bridgehead atoms. The molecule has 0 saturated heterocycles. The molecule has 0 aromatic rings. The first-order valence-corrected chi connectivity index (χ1v) is 34.0. The van der Waals surface area contributed by atoms with Crippen molar-refractivity contribution in [2.24, 2.45) is 0 Å². The minimum atomic E-state index is -4.44. The summed E-state index contributed by atoms with van der Waals surface area (Å²) in [5, 5.41) is 3.07. The number of rotatable bonds is 60. The Morgan fingerprint density at radius 3 is 1.11 bits per heavy atom. The fourth-order valence-corrected chi connectivity index (χ4v) is 10.7. The molecule has 0 radical (unpaired) electrons. The molecule has 10 heteroatoms. The zero-order chi connectivity index (χ0) is 54.3. The highest BCUT2D eigenvalue weighted by molar-refractivity contribution is 7.47. The molecule has 0 aromatic carbocycles. The molecule has 0 saturated carbocycles. The van der Waals surface area contributed by atoms with E-state index in [0.29, 0.717) is 23.9 Å². The molecule has 1 amide bonds. The Hall–Kier alpha value is -1.25. The van der Waals surface area contributed by atoms with Gasteiger partial charge in [-0.2, -0.15) is 0 Å². The second-order valence-electron chi connectivity index (χ2n) is 23.7. The maximum absolute atomic E-state index is 13.6. The number of phosphoric acid groups is 1. The van der Waals surface area contributed by atoms with E-state index < -0.39 is 20.0 Å². The average molecular weight is 1070 g/mol. The van der Waals surface area contributed by atoms with E-state index in [1.807, 2.05) is 33.3 Å². The molecule has 0 aliphatic heterocycles. The van der Waals surface area contributed by atoms with Crippen LogP contribution in [0.1, 0.15) is 335 Å². The van der Waals surface area contributed by atoms with Crippen molar-refractivity contribution in [1.29, 1.82) is 0 Å². The number of nitrogens with zero attached hydrogens (tertiary/aromatic N) is 1. The van der Waals surface area contributed by atoms with Crippen molar-refractivity contribution in [3.05, 3.63) is 12.2 Å². The molecule has 0 aliphatic carbocycles. The Balaban J connectivity index is 5.19. The molecule has 3 atom stereocenters. The Morgan fingerprint density at radius 2 is 0.770 bits per heavy atom. The molecule has 9 nitrogen and oxygen atoms in total. The number of carbonyl (C=O) groups excluding carboxylic acids is 2. The lowest BCUT2D eigenvalue weighted by molar-refractivity contribution is -0.870. The lowest BCUT2D eigenvalue weighted by Crippen LogP contribution is -2.47. The van der Waals surface area contributed by atoms with Crippen LogP contribution >= 0.6 is 7.82 Å². The lowest BCUT2D eigenvalue weighted by Gasteiger charge is -2.27. The molecule has 0 aromatic heterocycles. The van der Waals surface area contributed by atoms with E-state index >= 15 is 0 Å². The number of quaternary nitrogens is 1. The maximum atomic E-state index is 13.6. The smallest absolute Gasteiger partial charge is 0.456 e. The minimum absolute atomic E-state index is 0.0459. The summed E-state index contributed by atoms with van der Waals surface area (Å²) in [4.78, 5) is 37.8. The van der Waals surface area contributed by atoms with Crippen LogP contribution in [0.5, 0.6) is 0 Å². The number of carbonyl (C=O) groups is 2. The molecule has 2 N–H and O–H groups in total. The second kappa shape index (κ2) is 55.1. The molecular weight excluding hydrogens is 940 g/mol. The number of ether oxygens (including phenoxy) is 1. The molecular formula is C64H128N2O7P+. The molecule has 0 aliphatic rings. The average Bonchev–Trinajstić information content (AvgIpc) is 3.36. The van der Waals surface area contributed by atoms with Gasteiger partial charge in [0.25, 0.3) is 0 Å². The summed E-state index contributed by atoms with van der Waals surface area (Å²) < 4.78 is 30.8. The third-order valence-electron chi connectivity index (χ3n) is 15.0. The van der Waals surface area contributed by atoms with E-state index in [0.717, 1.165) is 57.8 Å². The molecule has 0 heterocycles. The van der Waals surface area contributed by atoms with Gasteiger partial charge in [0.05, 0.1) is 33.8 Å².